The molecule has 26 heavy (non-hydrogen) atoms. The quantitative estimate of drug-likeness (QED) is 0.515. The van der Waals surface area contributed by atoms with E-state index in [9.17, 15) is 9.59 Å². The summed E-state index contributed by atoms with van der Waals surface area (Å²) in [5.41, 5.74) is 3.73. The summed E-state index contributed by atoms with van der Waals surface area (Å²) in [6.45, 7) is 0. The van der Waals surface area contributed by atoms with Gasteiger partial charge in [-0.15, -0.1) is 0 Å². The fraction of sp³-hybridized carbons (Fsp3) is 0.0526. The Hall–Kier alpha value is -3.25. The summed E-state index contributed by atoms with van der Waals surface area (Å²) in [7, 11) is 0. The second kappa shape index (κ2) is 5.12. The minimum Gasteiger partial charge on any atom is -0.316 e. The third-order valence-corrected chi connectivity index (χ3v) is 5.06. The van der Waals surface area contributed by atoms with E-state index in [0.717, 1.165) is 33.4 Å². The number of hydrogen-bond acceptors (Lipinski definition) is 4. The van der Waals surface area contributed by atoms with Gasteiger partial charge in [0.15, 0.2) is 5.54 Å². The van der Waals surface area contributed by atoms with Gasteiger partial charge >= 0.3 is 6.03 Å². The van der Waals surface area contributed by atoms with Gasteiger partial charge in [0.2, 0.25) is 5.28 Å². The maximum absolute atomic E-state index is 12.8. The molecule has 1 fully saturated rings. The first-order valence-electron chi connectivity index (χ1n) is 7.95. The van der Waals surface area contributed by atoms with Crippen molar-refractivity contribution in [2.24, 2.45) is 0 Å². The van der Waals surface area contributed by atoms with Crippen LogP contribution in [-0.4, -0.2) is 21.9 Å². The van der Waals surface area contributed by atoms with Gasteiger partial charge in [-0.2, -0.15) is 0 Å². The van der Waals surface area contributed by atoms with Gasteiger partial charge in [-0.05, 0) is 39.9 Å². The fourth-order valence-corrected chi connectivity index (χ4v) is 3.85. The topological polar surface area (TPSA) is 84.0 Å². The number of imide groups is 1. The molecule has 3 aromatic rings. The molecular weight excluding hydrogens is 352 g/mol. The number of nitrogens with zero attached hydrogens (tertiary/aromatic N) is 2. The van der Waals surface area contributed by atoms with Gasteiger partial charge in [-0.25, -0.2) is 14.8 Å². The van der Waals surface area contributed by atoms with Crippen LogP contribution in [0.25, 0.3) is 22.3 Å². The fourth-order valence-electron chi connectivity index (χ4n) is 3.75. The van der Waals surface area contributed by atoms with Gasteiger partial charge in [0.1, 0.15) is 0 Å². The Balaban J connectivity index is 1.77. The Labute approximate surface area is 153 Å². The smallest absolute Gasteiger partial charge is 0.316 e. The first-order chi connectivity index (χ1) is 12.6. The summed E-state index contributed by atoms with van der Waals surface area (Å²) in [6, 6.07) is 12.9. The Morgan fingerprint density at radius 2 is 1.62 bits per heavy atom. The molecule has 2 aromatic carbocycles. The maximum atomic E-state index is 12.8. The molecule has 1 aliphatic carbocycles. The minimum absolute atomic E-state index is 0.168. The molecule has 7 heteroatoms. The zero-order valence-electron chi connectivity index (χ0n) is 13.3. The van der Waals surface area contributed by atoms with Gasteiger partial charge < -0.3 is 5.32 Å². The minimum atomic E-state index is -1.22. The van der Waals surface area contributed by atoms with Crippen molar-refractivity contribution in [3.05, 3.63) is 71.3 Å². The number of hydrogen-bond donors (Lipinski definition) is 2. The molecule has 0 bridgehead atoms. The van der Waals surface area contributed by atoms with Crippen molar-refractivity contribution in [3.8, 4) is 22.3 Å². The van der Waals surface area contributed by atoms with Gasteiger partial charge in [-0.1, -0.05) is 36.4 Å². The van der Waals surface area contributed by atoms with Crippen molar-refractivity contribution in [1.82, 2.24) is 20.6 Å². The normalized spacial score (nSPS) is 19.9. The maximum Gasteiger partial charge on any atom is 0.322 e. The van der Waals surface area contributed by atoms with Crippen LogP contribution in [0, 0.1) is 0 Å². The monoisotopic (exact) mass is 362 g/mol. The zero-order valence-corrected chi connectivity index (χ0v) is 14.0. The Morgan fingerprint density at radius 3 is 2.35 bits per heavy atom. The molecule has 0 radical (unpaired) electrons. The average Bonchev–Trinajstić information content (AvgIpc) is 3.11. The lowest BCUT2D eigenvalue weighted by Gasteiger charge is -2.23. The van der Waals surface area contributed by atoms with E-state index in [0.29, 0.717) is 0 Å². The Bertz CT molecular complexity index is 1100. The first kappa shape index (κ1) is 15.0. The van der Waals surface area contributed by atoms with Gasteiger partial charge in [-0.3, -0.25) is 10.1 Å². The summed E-state index contributed by atoms with van der Waals surface area (Å²) in [5, 5.41) is 5.36. The van der Waals surface area contributed by atoms with Gasteiger partial charge in [0.05, 0.1) is 0 Å². The molecule has 1 unspecified atom stereocenters. The van der Waals surface area contributed by atoms with Crippen LogP contribution >= 0.6 is 11.6 Å². The van der Waals surface area contributed by atoms with E-state index in [2.05, 4.69) is 20.6 Å². The number of carbonyl (C=O) groups is 2. The van der Waals surface area contributed by atoms with Crippen LogP contribution in [0.3, 0.4) is 0 Å². The van der Waals surface area contributed by atoms with Crippen LogP contribution in [0.4, 0.5) is 4.79 Å². The Morgan fingerprint density at radius 1 is 0.885 bits per heavy atom. The summed E-state index contributed by atoms with van der Waals surface area (Å²) >= 11 is 5.76. The van der Waals surface area contributed by atoms with E-state index >= 15 is 0 Å². The number of benzene rings is 2. The van der Waals surface area contributed by atoms with Gasteiger partial charge in [0.25, 0.3) is 5.91 Å². The molecule has 2 heterocycles. The summed E-state index contributed by atoms with van der Waals surface area (Å²) in [4.78, 5) is 32.8. The van der Waals surface area contributed by atoms with Crippen molar-refractivity contribution in [2.45, 2.75) is 5.54 Å². The largest absolute Gasteiger partial charge is 0.322 e. The van der Waals surface area contributed by atoms with E-state index in [-0.39, 0.29) is 11.2 Å². The van der Waals surface area contributed by atoms with Gasteiger partial charge in [0, 0.05) is 23.5 Å². The highest BCUT2D eigenvalue weighted by atomic mass is 35.5. The lowest BCUT2D eigenvalue weighted by Crippen LogP contribution is -2.43. The molecule has 1 aliphatic heterocycles. The highest BCUT2D eigenvalue weighted by molar-refractivity contribution is 6.28. The highest BCUT2D eigenvalue weighted by Gasteiger charge is 2.54. The molecule has 1 aromatic heterocycles. The average molecular weight is 363 g/mol. The second-order valence-corrected chi connectivity index (χ2v) is 6.54. The first-order valence-corrected chi connectivity index (χ1v) is 8.33. The molecule has 1 atom stereocenters. The zero-order chi connectivity index (χ0) is 17.9. The van der Waals surface area contributed by atoms with Crippen LogP contribution in [-0.2, 0) is 10.3 Å². The molecule has 2 N–H and O–H groups in total. The number of amides is 3. The molecule has 5 rings (SSSR count). The lowest BCUT2D eigenvalue weighted by molar-refractivity contribution is -0.122. The molecular formula is C19H11ClN4O2. The van der Waals surface area contributed by atoms with Crippen LogP contribution in [0.1, 0.15) is 11.1 Å². The Kier molecular flexibility index (Phi) is 2.96. The van der Waals surface area contributed by atoms with E-state index in [4.69, 9.17) is 11.6 Å². The molecule has 1 spiro atoms. The summed E-state index contributed by atoms with van der Waals surface area (Å²) < 4.78 is 0. The highest BCUT2D eigenvalue weighted by Crippen LogP contribution is 2.49. The van der Waals surface area contributed by atoms with E-state index in [1.807, 2.05) is 42.5 Å². The van der Waals surface area contributed by atoms with E-state index in [1.165, 1.54) is 0 Å². The van der Waals surface area contributed by atoms with Crippen LogP contribution in [0.5, 0.6) is 0 Å². The van der Waals surface area contributed by atoms with Crippen molar-refractivity contribution < 1.29 is 9.59 Å². The molecule has 6 nitrogen and oxygen atoms in total. The molecule has 1 saturated heterocycles. The number of urea groups is 1. The predicted molar refractivity (Wildman–Crippen MR) is 95.4 cm³/mol. The third-order valence-electron chi connectivity index (χ3n) is 4.87. The third kappa shape index (κ3) is 1.87. The van der Waals surface area contributed by atoms with E-state index in [1.54, 1.807) is 12.4 Å². The van der Waals surface area contributed by atoms with Crippen molar-refractivity contribution in [1.29, 1.82) is 0 Å². The van der Waals surface area contributed by atoms with Crippen molar-refractivity contribution in [2.75, 3.05) is 0 Å². The number of aromatic nitrogens is 2. The molecule has 126 valence electrons. The second-order valence-electron chi connectivity index (χ2n) is 6.20. The number of rotatable bonds is 1. The summed E-state index contributed by atoms with van der Waals surface area (Å²) in [6.07, 6.45) is 3.25. The number of carbonyl (C=O) groups excluding carboxylic acids is 2. The van der Waals surface area contributed by atoms with Crippen molar-refractivity contribution >= 4 is 23.5 Å². The van der Waals surface area contributed by atoms with Crippen LogP contribution in [0.2, 0.25) is 5.28 Å². The van der Waals surface area contributed by atoms with Crippen molar-refractivity contribution in [3.63, 3.8) is 0 Å². The number of nitrogens with one attached hydrogen (secondary N) is 2. The summed E-state index contributed by atoms with van der Waals surface area (Å²) in [5.74, 6) is -0.377. The molecule has 0 saturated carbocycles. The van der Waals surface area contributed by atoms with Crippen LogP contribution < -0.4 is 10.6 Å². The molecule has 3 amide bonds. The number of fused-ring (bicyclic) bond motifs is 5. The van der Waals surface area contributed by atoms with Crippen LogP contribution in [0.15, 0.2) is 54.9 Å². The molecule has 2 aliphatic rings. The van der Waals surface area contributed by atoms with E-state index < -0.39 is 11.6 Å². The number of halogens is 1. The SMILES string of the molecule is O=C1NC(=O)C2(N1)c1ccccc1-c1ccc(-c3cnc(Cl)nc3)cc12. The lowest BCUT2D eigenvalue weighted by atomic mass is 9.86. The standard InChI is InChI=1S/C19H11ClN4O2/c20-17-21-8-11(9-22-17)10-5-6-13-12-3-1-2-4-14(12)19(15(13)7-10)16(25)23-18(26)24-19/h1-9H,(H2,23,24,25,26). The predicted octanol–water partition coefficient (Wildman–Crippen LogP) is 2.86.